The molecule has 2 unspecified atom stereocenters. The molecule has 0 aromatic carbocycles. The van der Waals surface area contributed by atoms with Gasteiger partial charge in [0.15, 0.2) is 0 Å². The molecular weight excluding hydrogens is 242 g/mol. The van der Waals surface area contributed by atoms with E-state index in [1.54, 1.807) is 4.90 Å². The number of rotatable bonds is 1. The summed E-state index contributed by atoms with van der Waals surface area (Å²) < 4.78 is 0. The lowest BCUT2D eigenvalue weighted by Gasteiger charge is -2.61. The topological polar surface area (TPSA) is 57.6 Å². The third-order valence-corrected chi connectivity index (χ3v) is 5.30. The number of Topliss-reactive ketones (excluding diaryl/α,β-unsaturated/α-hetero) is 1. The van der Waals surface area contributed by atoms with Crippen molar-refractivity contribution in [2.45, 2.75) is 64.0 Å². The van der Waals surface area contributed by atoms with E-state index in [4.69, 9.17) is 0 Å². The van der Waals surface area contributed by atoms with Gasteiger partial charge in [-0.2, -0.15) is 0 Å². The zero-order valence-corrected chi connectivity index (χ0v) is 12.0. The first-order valence-electron chi connectivity index (χ1n) is 7.30. The van der Waals surface area contributed by atoms with Gasteiger partial charge in [-0.1, -0.05) is 0 Å². The van der Waals surface area contributed by atoms with Crippen molar-refractivity contribution in [1.29, 1.82) is 0 Å². The first kappa shape index (κ1) is 12.9. The lowest BCUT2D eigenvalue weighted by atomic mass is 9.51. The number of hydrogen-bond acceptors (Lipinski definition) is 2. The van der Waals surface area contributed by atoms with Crippen molar-refractivity contribution in [2.24, 2.45) is 17.8 Å². The van der Waals surface area contributed by atoms with Gasteiger partial charge in [-0.3, -0.25) is 9.69 Å². The summed E-state index contributed by atoms with van der Waals surface area (Å²) in [6, 6.07) is 0. The van der Waals surface area contributed by atoms with Crippen LogP contribution in [0.5, 0.6) is 0 Å². The van der Waals surface area contributed by atoms with E-state index in [1.165, 1.54) is 0 Å². The number of amides is 1. The van der Waals surface area contributed by atoms with Gasteiger partial charge in [0.25, 0.3) is 0 Å². The minimum absolute atomic E-state index is 0.121. The highest BCUT2D eigenvalue weighted by atomic mass is 16.4. The van der Waals surface area contributed by atoms with Crippen LogP contribution in [-0.4, -0.2) is 33.0 Å². The molecule has 4 aliphatic carbocycles. The fraction of sp³-hybridized carbons (Fsp3) is 0.867. The molecule has 0 spiro atoms. The van der Waals surface area contributed by atoms with Crippen molar-refractivity contribution in [1.82, 2.24) is 4.90 Å². The SMILES string of the molecule is CC(C)(C)N(C(=O)O)C12CC3CC(C1)C(=O)C(C3)C2. The van der Waals surface area contributed by atoms with Gasteiger partial charge in [-0.25, -0.2) is 4.79 Å². The molecule has 0 aromatic rings. The van der Waals surface area contributed by atoms with Crippen LogP contribution < -0.4 is 0 Å². The third kappa shape index (κ3) is 1.79. The van der Waals surface area contributed by atoms with Gasteiger partial charge in [0, 0.05) is 22.9 Å². The van der Waals surface area contributed by atoms with Crippen molar-refractivity contribution in [3.63, 3.8) is 0 Å². The number of carboxylic acid groups (broad SMARTS) is 1. The second-order valence-electron chi connectivity index (χ2n) is 7.76. The van der Waals surface area contributed by atoms with E-state index >= 15 is 0 Å². The van der Waals surface area contributed by atoms with Crippen LogP contribution in [0.25, 0.3) is 0 Å². The number of carbonyl (C=O) groups excluding carboxylic acids is 1. The van der Waals surface area contributed by atoms with Crippen molar-refractivity contribution < 1.29 is 14.7 Å². The molecule has 0 heterocycles. The lowest BCUT2D eigenvalue weighted by molar-refractivity contribution is -0.153. The van der Waals surface area contributed by atoms with E-state index in [-0.39, 0.29) is 17.4 Å². The average Bonchev–Trinajstić information content (AvgIpc) is 2.21. The van der Waals surface area contributed by atoms with Crippen molar-refractivity contribution in [3.05, 3.63) is 0 Å². The predicted molar refractivity (Wildman–Crippen MR) is 70.9 cm³/mol. The van der Waals surface area contributed by atoms with E-state index in [9.17, 15) is 14.7 Å². The summed E-state index contributed by atoms with van der Waals surface area (Å²) in [6.07, 6.45) is 3.62. The Balaban J connectivity index is 1.99. The Hall–Kier alpha value is -1.06. The van der Waals surface area contributed by atoms with Crippen LogP contribution >= 0.6 is 0 Å². The minimum Gasteiger partial charge on any atom is -0.465 e. The molecule has 1 amide bonds. The largest absolute Gasteiger partial charge is 0.465 e. The third-order valence-electron chi connectivity index (χ3n) is 5.30. The number of hydrogen-bond donors (Lipinski definition) is 1. The molecule has 2 atom stereocenters. The Morgan fingerprint density at radius 2 is 1.74 bits per heavy atom. The summed E-state index contributed by atoms with van der Waals surface area (Å²) in [6.45, 7) is 5.88. The second-order valence-corrected chi connectivity index (χ2v) is 7.76. The molecule has 4 saturated carbocycles. The van der Waals surface area contributed by atoms with Crippen molar-refractivity contribution in [3.8, 4) is 0 Å². The van der Waals surface area contributed by atoms with E-state index < -0.39 is 11.6 Å². The molecule has 4 nitrogen and oxygen atoms in total. The molecule has 106 valence electrons. The van der Waals surface area contributed by atoms with E-state index in [1.807, 2.05) is 20.8 Å². The summed E-state index contributed by atoms with van der Waals surface area (Å²) in [5, 5.41) is 9.68. The Labute approximate surface area is 114 Å². The molecule has 0 saturated heterocycles. The molecule has 0 radical (unpaired) electrons. The molecular formula is C15H23NO3. The maximum atomic E-state index is 12.2. The lowest BCUT2D eigenvalue weighted by Crippen LogP contribution is -2.67. The van der Waals surface area contributed by atoms with E-state index in [0.29, 0.717) is 11.7 Å². The Bertz CT molecular complexity index is 419. The van der Waals surface area contributed by atoms with Crippen molar-refractivity contribution >= 4 is 11.9 Å². The number of nitrogens with zero attached hydrogens (tertiary/aromatic N) is 1. The Morgan fingerprint density at radius 3 is 2.16 bits per heavy atom. The molecule has 4 aliphatic rings. The van der Waals surface area contributed by atoms with E-state index in [0.717, 1.165) is 32.1 Å². The summed E-state index contributed by atoms with van der Waals surface area (Å²) in [5.41, 5.74) is -0.685. The van der Waals surface area contributed by atoms with Gasteiger partial charge in [0.2, 0.25) is 0 Å². The fourth-order valence-corrected chi connectivity index (χ4v) is 5.18. The smallest absolute Gasteiger partial charge is 0.408 e. The summed E-state index contributed by atoms with van der Waals surface area (Å²) in [5.74, 6) is 1.20. The maximum Gasteiger partial charge on any atom is 0.408 e. The minimum atomic E-state index is -0.832. The van der Waals surface area contributed by atoms with Crippen LogP contribution in [0, 0.1) is 17.8 Å². The van der Waals surface area contributed by atoms with Crippen molar-refractivity contribution in [2.75, 3.05) is 0 Å². The highest BCUT2D eigenvalue weighted by Crippen LogP contribution is 2.57. The normalized spacial score (nSPS) is 40.6. The number of carbonyl (C=O) groups is 2. The van der Waals surface area contributed by atoms with Gasteiger partial charge >= 0.3 is 6.09 Å². The zero-order chi connectivity index (χ0) is 14.0. The second kappa shape index (κ2) is 3.74. The standard InChI is InChI=1S/C15H23NO3/c1-14(2,3)16(13(18)19)15-6-9-4-10(7-15)12(17)11(5-9)8-15/h9-11H,4-8H2,1-3H3,(H,18,19). The van der Waals surface area contributed by atoms with Crippen LogP contribution in [0.3, 0.4) is 0 Å². The Kier molecular flexibility index (Phi) is 2.55. The number of ketones is 1. The van der Waals surface area contributed by atoms with Gasteiger partial charge in [0.1, 0.15) is 5.78 Å². The van der Waals surface area contributed by atoms with Gasteiger partial charge in [-0.15, -0.1) is 0 Å². The van der Waals surface area contributed by atoms with Crippen LogP contribution in [0.1, 0.15) is 52.9 Å². The molecule has 0 aromatic heterocycles. The molecule has 4 bridgehead atoms. The zero-order valence-electron chi connectivity index (χ0n) is 12.0. The average molecular weight is 265 g/mol. The first-order chi connectivity index (χ1) is 8.73. The molecule has 19 heavy (non-hydrogen) atoms. The van der Waals surface area contributed by atoms with Crippen LogP contribution in [0.2, 0.25) is 0 Å². The quantitative estimate of drug-likeness (QED) is 0.793. The molecule has 0 aliphatic heterocycles. The highest BCUT2D eigenvalue weighted by molar-refractivity contribution is 5.86. The molecule has 1 N–H and O–H groups in total. The summed E-state index contributed by atoms with van der Waals surface area (Å²) >= 11 is 0. The molecule has 4 heteroatoms. The van der Waals surface area contributed by atoms with Crippen LogP contribution in [0.15, 0.2) is 0 Å². The first-order valence-corrected chi connectivity index (χ1v) is 7.30. The summed E-state index contributed by atoms with van der Waals surface area (Å²) in [4.78, 5) is 25.6. The molecule has 4 rings (SSSR count). The van der Waals surface area contributed by atoms with Gasteiger partial charge in [-0.05, 0) is 58.8 Å². The highest BCUT2D eigenvalue weighted by Gasteiger charge is 2.59. The van der Waals surface area contributed by atoms with Gasteiger partial charge in [0.05, 0.1) is 0 Å². The maximum absolute atomic E-state index is 12.2. The van der Waals surface area contributed by atoms with E-state index in [2.05, 4.69) is 0 Å². The Morgan fingerprint density at radius 1 is 1.21 bits per heavy atom. The van der Waals surface area contributed by atoms with Crippen LogP contribution in [0.4, 0.5) is 4.79 Å². The van der Waals surface area contributed by atoms with Crippen LogP contribution in [-0.2, 0) is 4.79 Å². The molecule has 4 fully saturated rings. The fourth-order valence-electron chi connectivity index (χ4n) is 5.18. The predicted octanol–water partition coefficient (Wildman–Crippen LogP) is 2.91. The summed E-state index contributed by atoms with van der Waals surface area (Å²) in [7, 11) is 0. The van der Waals surface area contributed by atoms with Gasteiger partial charge < -0.3 is 5.11 Å². The monoisotopic (exact) mass is 265 g/mol.